The van der Waals surface area contributed by atoms with Crippen LogP contribution in [0.2, 0.25) is 0 Å². The molecular weight excluding hydrogens is 198 g/mol. The molecule has 3 heteroatoms. The molecule has 0 heterocycles. The smallest absolute Gasteiger partial charge is 0.101 e. The van der Waals surface area contributed by atoms with E-state index in [0.29, 0.717) is 11.3 Å². The van der Waals surface area contributed by atoms with E-state index in [9.17, 15) is 0 Å². The molecule has 16 heavy (non-hydrogen) atoms. The Kier molecular flexibility index (Phi) is 4.65. The number of benzene rings is 1. The fraction of sp³-hybridized carbons (Fsp3) is 0.462. The average molecular weight is 217 g/mol. The molecule has 1 rings (SSSR count). The first-order valence-electron chi connectivity index (χ1n) is 5.69. The van der Waals surface area contributed by atoms with Gasteiger partial charge in [0, 0.05) is 25.0 Å². The molecule has 0 spiro atoms. The maximum Gasteiger partial charge on any atom is 0.101 e. The molecule has 3 nitrogen and oxygen atoms in total. The second-order valence-corrected chi connectivity index (χ2v) is 4.01. The maximum absolute atomic E-state index is 8.89. The third-order valence-electron chi connectivity index (χ3n) is 2.70. The zero-order valence-electron chi connectivity index (χ0n) is 10.0. The molecule has 0 saturated heterocycles. The number of unbranched alkanes of at least 4 members (excludes halogenated alkanes) is 2. The van der Waals surface area contributed by atoms with Gasteiger partial charge in [0.25, 0.3) is 0 Å². The molecule has 0 aliphatic carbocycles. The van der Waals surface area contributed by atoms with Crippen molar-refractivity contribution in [2.45, 2.75) is 26.2 Å². The largest absolute Gasteiger partial charge is 0.398 e. The molecule has 0 amide bonds. The first kappa shape index (κ1) is 12.4. The van der Waals surface area contributed by atoms with Crippen molar-refractivity contribution in [3.8, 4) is 6.07 Å². The summed E-state index contributed by atoms with van der Waals surface area (Å²) in [5, 5.41) is 8.89. The van der Waals surface area contributed by atoms with Crippen molar-refractivity contribution in [2.24, 2.45) is 0 Å². The highest BCUT2D eigenvalue weighted by Gasteiger charge is 2.04. The van der Waals surface area contributed by atoms with E-state index in [1.807, 2.05) is 19.2 Å². The Bertz CT molecular complexity index is 379. The minimum Gasteiger partial charge on any atom is -0.398 e. The number of hydrogen-bond donors (Lipinski definition) is 1. The van der Waals surface area contributed by atoms with Crippen LogP contribution in [0.25, 0.3) is 0 Å². The SMILES string of the molecule is CCCCCN(C)c1ccc(N)c(C#N)c1. The van der Waals surface area contributed by atoms with Gasteiger partial charge >= 0.3 is 0 Å². The Morgan fingerprint density at radius 2 is 2.12 bits per heavy atom. The molecule has 2 N–H and O–H groups in total. The highest BCUT2D eigenvalue weighted by Crippen LogP contribution is 2.20. The van der Waals surface area contributed by atoms with Crippen LogP contribution >= 0.6 is 0 Å². The molecule has 0 aliphatic rings. The van der Waals surface area contributed by atoms with Crippen molar-refractivity contribution in [3.05, 3.63) is 23.8 Å². The second kappa shape index (κ2) is 6.02. The maximum atomic E-state index is 8.89. The minimum atomic E-state index is 0.549. The van der Waals surface area contributed by atoms with Gasteiger partial charge in [-0.25, -0.2) is 0 Å². The molecule has 0 bridgehead atoms. The van der Waals surface area contributed by atoms with Crippen LogP contribution in [0.3, 0.4) is 0 Å². The third kappa shape index (κ3) is 3.16. The fourth-order valence-corrected chi connectivity index (χ4v) is 1.61. The van der Waals surface area contributed by atoms with Crippen LogP contribution in [0.4, 0.5) is 11.4 Å². The summed E-state index contributed by atoms with van der Waals surface area (Å²) in [6, 6.07) is 7.71. The molecule has 0 saturated carbocycles. The van der Waals surface area contributed by atoms with Crippen molar-refractivity contribution >= 4 is 11.4 Å². The van der Waals surface area contributed by atoms with E-state index in [1.165, 1.54) is 19.3 Å². The number of anilines is 2. The van der Waals surface area contributed by atoms with Crippen molar-refractivity contribution in [1.82, 2.24) is 0 Å². The number of nitriles is 1. The Labute approximate surface area is 97.5 Å². The lowest BCUT2D eigenvalue weighted by Crippen LogP contribution is -2.18. The normalized spacial score (nSPS) is 9.81. The van der Waals surface area contributed by atoms with E-state index in [0.717, 1.165) is 12.2 Å². The van der Waals surface area contributed by atoms with Crippen LogP contribution in [0.5, 0.6) is 0 Å². The van der Waals surface area contributed by atoms with Crippen LogP contribution in [-0.4, -0.2) is 13.6 Å². The molecule has 0 aromatic heterocycles. The molecule has 86 valence electrons. The zero-order chi connectivity index (χ0) is 12.0. The van der Waals surface area contributed by atoms with E-state index < -0.39 is 0 Å². The topological polar surface area (TPSA) is 53.0 Å². The zero-order valence-corrected chi connectivity index (χ0v) is 10.0. The van der Waals surface area contributed by atoms with Crippen LogP contribution in [0, 0.1) is 11.3 Å². The molecule has 0 fully saturated rings. The van der Waals surface area contributed by atoms with E-state index in [-0.39, 0.29) is 0 Å². The summed E-state index contributed by atoms with van der Waals surface area (Å²) in [6.45, 7) is 3.21. The van der Waals surface area contributed by atoms with Gasteiger partial charge in [0.05, 0.1) is 5.56 Å². The molecule has 1 aromatic carbocycles. The van der Waals surface area contributed by atoms with E-state index >= 15 is 0 Å². The van der Waals surface area contributed by atoms with Crippen molar-refractivity contribution in [2.75, 3.05) is 24.2 Å². The monoisotopic (exact) mass is 217 g/mol. The van der Waals surface area contributed by atoms with Gasteiger partial charge in [0.15, 0.2) is 0 Å². The van der Waals surface area contributed by atoms with Gasteiger partial charge < -0.3 is 10.6 Å². The van der Waals surface area contributed by atoms with Crippen LogP contribution < -0.4 is 10.6 Å². The van der Waals surface area contributed by atoms with Gasteiger partial charge in [0.1, 0.15) is 6.07 Å². The number of nitrogens with two attached hydrogens (primary N) is 1. The number of hydrogen-bond acceptors (Lipinski definition) is 3. The number of nitrogen functional groups attached to an aromatic ring is 1. The van der Waals surface area contributed by atoms with Crippen LogP contribution in [0.1, 0.15) is 31.7 Å². The third-order valence-corrected chi connectivity index (χ3v) is 2.70. The van der Waals surface area contributed by atoms with Gasteiger partial charge in [-0.2, -0.15) is 5.26 Å². The summed E-state index contributed by atoms with van der Waals surface area (Å²) in [6.07, 6.45) is 3.64. The quantitative estimate of drug-likeness (QED) is 0.609. The van der Waals surface area contributed by atoms with Gasteiger partial charge in [0.2, 0.25) is 0 Å². The lowest BCUT2D eigenvalue weighted by molar-refractivity contribution is 0.705. The highest BCUT2D eigenvalue weighted by atomic mass is 15.1. The van der Waals surface area contributed by atoms with E-state index in [2.05, 4.69) is 17.9 Å². The van der Waals surface area contributed by atoms with Crippen molar-refractivity contribution in [1.29, 1.82) is 5.26 Å². The standard InChI is InChI=1S/C13H19N3/c1-3-4-5-8-16(2)12-6-7-13(15)11(9-12)10-14/h6-7,9H,3-5,8,15H2,1-2H3. The Hall–Kier alpha value is -1.69. The lowest BCUT2D eigenvalue weighted by atomic mass is 10.1. The Morgan fingerprint density at radius 1 is 1.38 bits per heavy atom. The predicted octanol–water partition coefficient (Wildman–Crippen LogP) is 2.77. The molecule has 0 unspecified atom stereocenters. The van der Waals surface area contributed by atoms with Crippen LogP contribution in [0.15, 0.2) is 18.2 Å². The van der Waals surface area contributed by atoms with Crippen LogP contribution in [-0.2, 0) is 0 Å². The summed E-state index contributed by atoms with van der Waals surface area (Å²) in [7, 11) is 2.04. The summed E-state index contributed by atoms with van der Waals surface area (Å²) >= 11 is 0. The molecule has 1 aromatic rings. The van der Waals surface area contributed by atoms with Crippen molar-refractivity contribution in [3.63, 3.8) is 0 Å². The summed E-state index contributed by atoms with van der Waals surface area (Å²) < 4.78 is 0. The van der Waals surface area contributed by atoms with Gasteiger partial charge in [-0.15, -0.1) is 0 Å². The highest BCUT2D eigenvalue weighted by molar-refractivity contribution is 5.62. The molecule has 0 aliphatic heterocycles. The lowest BCUT2D eigenvalue weighted by Gasteiger charge is -2.19. The molecule has 0 radical (unpaired) electrons. The number of nitrogens with zero attached hydrogens (tertiary/aromatic N) is 2. The van der Waals surface area contributed by atoms with E-state index in [1.54, 1.807) is 6.07 Å². The molecule has 0 atom stereocenters. The fourth-order valence-electron chi connectivity index (χ4n) is 1.61. The average Bonchev–Trinajstić information content (AvgIpc) is 2.30. The first-order chi connectivity index (χ1) is 7.69. The minimum absolute atomic E-state index is 0.549. The Balaban J connectivity index is 2.69. The summed E-state index contributed by atoms with van der Waals surface area (Å²) in [5.41, 5.74) is 7.84. The van der Waals surface area contributed by atoms with Gasteiger partial charge in [-0.3, -0.25) is 0 Å². The van der Waals surface area contributed by atoms with E-state index in [4.69, 9.17) is 11.0 Å². The summed E-state index contributed by atoms with van der Waals surface area (Å²) in [5.74, 6) is 0. The second-order valence-electron chi connectivity index (χ2n) is 4.01. The summed E-state index contributed by atoms with van der Waals surface area (Å²) in [4.78, 5) is 2.16. The van der Waals surface area contributed by atoms with Gasteiger partial charge in [-0.05, 0) is 24.6 Å². The molecular formula is C13H19N3. The van der Waals surface area contributed by atoms with Crippen molar-refractivity contribution < 1.29 is 0 Å². The number of rotatable bonds is 5. The predicted molar refractivity (Wildman–Crippen MR) is 68.4 cm³/mol. The Morgan fingerprint density at radius 3 is 2.75 bits per heavy atom. The first-order valence-corrected chi connectivity index (χ1v) is 5.69. The van der Waals surface area contributed by atoms with Gasteiger partial charge in [-0.1, -0.05) is 19.8 Å².